The zero-order chi connectivity index (χ0) is 16.7. The topological polar surface area (TPSA) is 78.4 Å². The van der Waals surface area contributed by atoms with Gasteiger partial charge < -0.3 is 15.7 Å². The number of urea groups is 1. The molecule has 0 fully saturated rings. The first kappa shape index (κ1) is 16.8. The molecule has 0 radical (unpaired) electrons. The Kier molecular flexibility index (Phi) is 6.00. The first-order valence-corrected chi connectivity index (χ1v) is 7.48. The molecule has 3 N–H and O–H groups in total. The normalized spacial score (nSPS) is 11.5. The third kappa shape index (κ3) is 5.30. The maximum atomic E-state index is 11.9. The molecular formula is C17H17ClN2O3. The van der Waals surface area contributed by atoms with Crippen LogP contribution in [0.1, 0.15) is 11.1 Å². The Morgan fingerprint density at radius 1 is 1.04 bits per heavy atom. The van der Waals surface area contributed by atoms with Crippen molar-refractivity contribution in [2.45, 2.75) is 19.0 Å². The number of carboxylic acid groups (broad SMARTS) is 1. The maximum Gasteiger partial charge on any atom is 0.326 e. The van der Waals surface area contributed by atoms with Gasteiger partial charge in [0.15, 0.2) is 0 Å². The summed E-state index contributed by atoms with van der Waals surface area (Å²) in [7, 11) is 0. The van der Waals surface area contributed by atoms with Crippen molar-refractivity contribution < 1.29 is 14.7 Å². The van der Waals surface area contributed by atoms with Gasteiger partial charge in [-0.05, 0) is 17.2 Å². The molecule has 0 bridgehead atoms. The molecule has 0 aliphatic carbocycles. The van der Waals surface area contributed by atoms with Gasteiger partial charge in [0.25, 0.3) is 0 Å². The number of aliphatic carboxylic acids is 1. The average molecular weight is 333 g/mol. The number of carboxylic acids is 1. The van der Waals surface area contributed by atoms with Gasteiger partial charge >= 0.3 is 12.0 Å². The fourth-order valence-corrected chi connectivity index (χ4v) is 2.28. The van der Waals surface area contributed by atoms with Crippen LogP contribution in [0.15, 0.2) is 54.6 Å². The quantitative estimate of drug-likeness (QED) is 0.761. The standard InChI is InChI=1S/C17H17ClN2O3/c18-14-9-5-4-8-13(14)11-19-17(23)20-15(16(21)22)10-12-6-2-1-3-7-12/h1-9,15H,10-11H2,(H,21,22)(H2,19,20,23)/t15-/m0/s1. The number of hydrogen-bond donors (Lipinski definition) is 3. The third-order valence-corrected chi connectivity index (χ3v) is 3.65. The fourth-order valence-electron chi connectivity index (χ4n) is 2.08. The summed E-state index contributed by atoms with van der Waals surface area (Å²) in [4.78, 5) is 23.2. The van der Waals surface area contributed by atoms with Crippen LogP contribution in [0.2, 0.25) is 5.02 Å². The number of amides is 2. The molecule has 0 saturated heterocycles. The molecule has 0 aliphatic rings. The predicted molar refractivity (Wildman–Crippen MR) is 88.4 cm³/mol. The van der Waals surface area contributed by atoms with Crippen LogP contribution in [-0.4, -0.2) is 23.1 Å². The van der Waals surface area contributed by atoms with Crippen molar-refractivity contribution in [2.24, 2.45) is 0 Å². The second-order valence-electron chi connectivity index (χ2n) is 5.00. The molecule has 2 rings (SSSR count). The van der Waals surface area contributed by atoms with Crippen molar-refractivity contribution in [3.05, 3.63) is 70.7 Å². The van der Waals surface area contributed by atoms with Crippen LogP contribution in [0.3, 0.4) is 0 Å². The molecular weight excluding hydrogens is 316 g/mol. The summed E-state index contributed by atoms with van der Waals surface area (Å²) in [6.07, 6.45) is 0.218. The molecule has 0 saturated carbocycles. The second-order valence-corrected chi connectivity index (χ2v) is 5.41. The van der Waals surface area contributed by atoms with Crippen molar-refractivity contribution >= 4 is 23.6 Å². The van der Waals surface area contributed by atoms with Crippen LogP contribution < -0.4 is 10.6 Å². The van der Waals surface area contributed by atoms with Crippen molar-refractivity contribution in [1.29, 1.82) is 0 Å². The van der Waals surface area contributed by atoms with Crippen LogP contribution >= 0.6 is 11.6 Å². The van der Waals surface area contributed by atoms with Crippen molar-refractivity contribution in [3.8, 4) is 0 Å². The molecule has 2 aromatic rings. The second kappa shape index (κ2) is 8.19. The molecule has 1 atom stereocenters. The van der Waals surface area contributed by atoms with E-state index in [1.807, 2.05) is 36.4 Å². The lowest BCUT2D eigenvalue weighted by molar-refractivity contribution is -0.139. The molecule has 0 spiro atoms. The molecule has 2 amide bonds. The highest BCUT2D eigenvalue weighted by atomic mass is 35.5. The zero-order valence-electron chi connectivity index (χ0n) is 12.3. The summed E-state index contributed by atoms with van der Waals surface area (Å²) in [5.41, 5.74) is 1.60. The van der Waals surface area contributed by atoms with Crippen molar-refractivity contribution in [2.75, 3.05) is 0 Å². The molecule has 23 heavy (non-hydrogen) atoms. The lowest BCUT2D eigenvalue weighted by atomic mass is 10.1. The van der Waals surface area contributed by atoms with E-state index in [1.165, 1.54) is 0 Å². The van der Waals surface area contributed by atoms with Gasteiger partial charge in [0.1, 0.15) is 6.04 Å². The first-order valence-electron chi connectivity index (χ1n) is 7.11. The van der Waals surface area contributed by atoms with Crippen LogP contribution in [0.5, 0.6) is 0 Å². The van der Waals surface area contributed by atoms with Gasteiger partial charge in [-0.3, -0.25) is 0 Å². The van der Waals surface area contributed by atoms with E-state index in [1.54, 1.807) is 18.2 Å². The van der Waals surface area contributed by atoms with E-state index in [9.17, 15) is 14.7 Å². The Morgan fingerprint density at radius 3 is 2.35 bits per heavy atom. The number of carbonyl (C=O) groups is 2. The van der Waals surface area contributed by atoms with Crippen LogP contribution in [0, 0.1) is 0 Å². The van der Waals surface area contributed by atoms with E-state index >= 15 is 0 Å². The Bertz CT molecular complexity index is 677. The largest absolute Gasteiger partial charge is 0.480 e. The molecule has 0 aromatic heterocycles. The molecule has 0 heterocycles. The number of halogens is 1. The summed E-state index contributed by atoms with van der Waals surface area (Å²) in [6.45, 7) is 0.225. The van der Waals surface area contributed by atoms with E-state index in [2.05, 4.69) is 10.6 Å². The minimum Gasteiger partial charge on any atom is -0.480 e. The van der Waals surface area contributed by atoms with E-state index in [0.29, 0.717) is 5.02 Å². The van der Waals surface area contributed by atoms with E-state index in [4.69, 9.17) is 11.6 Å². The SMILES string of the molecule is O=C(NCc1ccccc1Cl)N[C@@H](Cc1ccccc1)C(=O)O. The Balaban J connectivity index is 1.91. The van der Waals surface area contributed by atoms with E-state index in [0.717, 1.165) is 11.1 Å². The van der Waals surface area contributed by atoms with Gasteiger partial charge in [-0.25, -0.2) is 9.59 Å². The first-order chi connectivity index (χ1) is 11.1. The van der Waals surface area contributed by atoms with Crippen LogP contribution in [-0.2, 0) is 17.8 Å². The summed E-state index contributed by atoms with van der Waals surface area (Å²) in [5, 5.41) is 14.9. The lowest BCUT2D eigenvalue weighted by Crippen LogP contribution is -2.46. The van der Waals surface area contributed by atoms with Crippen LogP contribution in [0.25, 0.3) is 0 Å². The van der Waals surface area contributed by atoms with Gasteiger partial charge in [0.05, 0.1) is 0 Å². The lowest BCUT2D eigenvalue weighted by Gasteiger charge is -2.15. The van der Waals surface area contributed by atoms with E-state index < -0.39 is 18.0 Å². The highest BCUT2D eigenvalue weighted by Crippen LogP contribution is 2.14. The number of carbonyl (C=O) groups excluding carboxylic acids is 1. The number of hydrogen-bond acceptors (Lipinski definition) is 2. The number of benzene rings is 2. The monoisotopic (exact) mass is 332 g/mol. The van der Waals surface area contributed by atoms with Gasteiger partial charge in [-0.1, -0.05) is 60.1 Å². The molecule has 0 aliphatic heterocycles. The number of nitrogens with one attached hydrogen (secondary N) is 2. The molecule has 6 heteroatoms. The highest BCUT2D eigenvalue weighted by Gasteiger charge is 2.20. The predicted octanol–water partition coefficient (Wildman–Crippen LogP) is 2.84. The number of rotatable bonds is 6. The van der Waals surface area contributed by atoms with Gasteiger partial charge in [0, 0.05) is 18.0 Å². The molecule has 0 unspecified atom stereocenters. The summed E-state index contributed by atoms with van der Waals surface area (Å²) < 4.78 is 0. The van der Waals surface area contributed by atoms with Gasteiger partial charge in [0.2, 0.25) is 0 Å². The smallest absolute Gasteiger partial charge is 0.326 e. The highest BCUT2D eigenvalue weighted by molar-refractivity contribution is 6.31. The zero-order valence-corrected chi connectivity index (χ0v) is 13.1. The summed E-state index contributed by atoms with van der Waals surface area (Å²) in [6, 6.07) is 14.7. The molecule has 2 aromatic carbocycles. The minimum atomic E-state index is -1.08. The summed E-state index contributed by atoms with van der Waals surface area (Å²) >= 11 is 6.01. The van der Waals surface area contributed by atoms with Crippen molar-refractivity contribution in [1.82, 2.24) is 10.6 Å². The van der Waals surface area contributed by atoms with E-state index in [-0.39, 0.29) is 13.0 Å². The van der Waals surface area contributed by atoms with Crippen LogP contribution in [0.4, 0.5) is 4.79 Å². The van der Waals surface area contributed by atoms with Crippen molar-refractivity contribution in [3.63, 3.8) is 0 Å². The summed E-state index contributed by atoms with van der Waals surface area (Å²) in [5.74, 6) is -1.08. The van der Waals surface area contributed by atoms with Gasteiger partial charge in [-0.15, -0.1) is 0 Å². The average Bonchev–Trinajstić information content (AvgIpc) is 2.54. The Labute approximate surface area is 139 Å². The maximum absolute atomic E-state index is 11.9. The Hall–Kier alpha value is -2.53. The molecule has 120 valence electrons. The Morgan fingerprint density at radius 2 is 1.70 bits per heavy atom. The minimum absolute atomic E-state index is 0.218. The third-order valence-electron chi connectivity index (χ3n) is 3.28. The molecule has 5 nitrogen and oxygen atoms in total. The fraction of sp³-hybridized carbons (Fsp3) is 0.176. The van der Waals surface area contributed by atoms with Gasteiger partial charge in [-0.2, -0.15) is 0 Å².